The van der Waals surface area contributed by atoms with Gasteiger partial charge in [-0.3, -0.25) is 14.5 Å². The minimum absolute atomic E-state index is 0.0232. The Balaban J connectivity index is 2.01. The Kier molecular flexibility index (Phi) is 5.76. The molecule has 2 amide bonds. The number of carbonyl (C=O) groups is 2. The summed E-state index contributed by atoms with van der Waals surface area (Å²) in [5, 5.41) is 2.68. The second-order valence-corrected chi connectivity index (χ2v) is 6.22. The van der Waals surface area contributed by atoms with E-state index < -0.39 is 6.04 Å². The van der Waals surface area contributed by atoms with Gasteiger partial charge < -0.3 is 14.8 Å². The van der Waals surface area contributed by atoms with E-state index in [2.05, 4.69) is 29.0 Å². The number of nitrogens with zero attached hydrogens (tertiary/aromatic N) is 4. The van der Waals surface area contributed by atoms with Crippen molar-refractivity contribution in [1.82, 2.24) is 24.7 Å². The zero-order valence-electron chi connectivity index (χ0n) is 14.5. The van der Waals surface area contributed by atoms with Gasteiger partial charge in [0.2, 0.25) is 11.8 Å². The highest BCUT2D eigenvalue weighted by Crippen LogP contribution is 2.14. The monoisotopic (exact) mass is 321 g/mol. The lowest BCUT2D eigenvalue weighted by atomic mass is 10.1. The van der Waals surface area contributed by atoms with Crippen LogP contribution in [0.3, 0.4) is 0 Å². The molecule has 1 aliphatic rings. The Morgan fingerprint density at radius 2 is 2.13 bits per heavy atom. The van der Waals surface area contributed by atoms with Crippen LogP contribution in [-0.2, 0) is 16.1 Å². The molecular formula is C16H27N5O2. The van der Waals surface area contributed by atoms with Gasteiger partial charge in [-0.2, -0.15) is 0 Å². The summed E-state index contributed by atoms with van der Waals surface area (Å²) in [5.41, 5.74) is 0. The van der Waals surface area contributed by atoms with Gasteiger partial charge in [0.25, 0.3) is 0 Å². The normalized spacial score (nSPS) is 19.2. The Morgan fingerprint density at radius 1 is 1.39 bits per heavy atom. The molecule has 1 unspecified atom stereocenters. The van der Waals surface area contributed by atoms with Crippen molar-refractivity contribution in [2.24, 2.45) is 0 Å². The summed E-state index contributed by atoms with van der Waals surface area (Å²) in [7, 11) is 1.62. The molecule has 0 aromatic carbocycles. The molecule has 1 aromatic heterocycles. The summed E-state index contributed by atoms with van der Waals surface area (Å²) in [6.45, 7) is 8.72. The number of piperazine rings is 1. The predicted octanol–water partition coefficient (Wildman–Crippen LogP) is 0.249. The van der Waals surface area contributed by atoms with E-state index in [0.717, 1.165) is 12.4 Å². The molecule has 0 radical (unpaired) electrons. The third-order valence-corrected chi connectivity index (χ3v) is 4.50. The minimum atomic E-state index is -0.410. The molecule has 0 spiro atoms. The van der Waals surface area contributed by atoms with Crippen molar-refractivity contribution in [2.45, 2.75) is 45.8 Å². The van der Waals surface area contributed by atoms with Crippen LogP contribution in [0.5, 0.6) is 0 Å². The molecule has 1 aliphatic heterocycles. The average molecular weight is 321 g/mol. The number of carbonyl (C=O) groups excluding carboxylic acids is 2. The molecule has 1 N–H and O–H groups in total. The van der Waals surface area contributed by atoms with Crippen molar-refractivity contribution in [2.75, 3.05) is 26.7 Å². The Hall–Kier alpha value is -1.89. The fourth-order valence-electron chi connectivity index (χ4n) is 2.96. The van der Waals surface area contributed by atoms with E-state index in [4.69, 9.17) is 0 Å². The van der Waals surface area contributed by atoms with Gasteiger partial charge in [0.15, 0.2) is 0 Å². The first-order valence-electron chi connectivity index (χ1n) is 8.17. The van der Waals surface area contributed by atoms with Crippen molar-refractivity contribution in [3.05, 3.63) is 18.2 Å². The molecule has 1 fully saturated rings. The van der Waals surface area contributed by atoms with Gasteiger partial charge in [0.05, 0.1) is 0 Å². The van der Waals surface area contributed by atoms with Crippen LogP contribution < -0.4 is 5.32 Å². The molecule has 0 aliphatic carbocycles. The molecule has 7 nitrogen and oxygen atoms in total. The van der Waals surface area contributed by atoms with Crippen LogP contribution in [0.2, 0.25) is 0 Å². The van der Waals surface area contributed by atoms with Gasteiger partial charge in [-0.05, 0) is 20.8 Å². The van der Waals surface area contributed by atoms with Crippen LogP contribution in [0.15, 0.2) is 12.4 Å². The lowest BCUT2D eigenvalue weighted by Crippen LogP contribution is -2.61. The van der Waals surface area contributed by atoms with Crippen LogP contribution in [-0.4, -0.2) is 69.9 Å². The summed E-state index contributed by atoms with van der Waals surface area (Å²) >= 11 is 0. The number of aryl methyl sites for hydroxylation is 2. The highest BCUT2D eigenvalue weighted by Gasteiger charge is 2.35. The van der Waals surface area contributed by atoms with Crippen molar-refractivity contribution < 1.29 is 9.59 Å². The van der Waals surface area contributed by atoms with Crippen LogP contribution in [0.1, 0.15) is 26.1 Å². The van der Waals surface area contributed by atoms with Gasteiger partial charge >= 0.3 is 0 Å². The van der Waals surface area contributed by atoms with E-state index in [-0.39, 0.29) is 11.8 Å². The molecule has 0 saturated carbocycles. The molecule has 128 valence electrons. The molecule has 0 bridgehead atoms. The summed E-state index contributed by atoms with van der Waals surface area (Å²) in [4.78, 5) is 32.9. The summed E-state index contributed by atoms with van der Waals surface area (Å²) in [6.07, 6.45) is 3.98. The maximum atomic E-state index is 12.6. The van der Waals surface area contributed by atoms with E-state index in [9.17, 15) is 9.59 Å². The van der Waals surface area contributed by atoms with Gasteiger partial charge in [0, 0.05) is 58.1 Å². The summed E-state index contributed by atoms with van der Waals surface area (Å²) in [5.74, 6) is 0.822. The van der Waals surface area contributed by atoms with Crippen molar-refractivity contribution >= 4 is 11.8 Å². The highest BCUT2D eigenvalue weighted by molar-refractivity contribution is 5.88. The third kappa shape index (κ3) is 4.10. The fourth-order valence-corrected chi connectivity index (χ4v) is 2.96. The Labute approximate surface area is 137 Å². The van der Waals surface area contributed by atoms with Crippen molar-refractivity contribution in [3.63, 3.8) is 0 Å². The predicted molar refractivity (Wildman–Crippen MR) is 87.9 cm³/mol. The van der Waals surface area contributed by atoms with Gasteiger partial charge in [-0.25, -0.2) is 4.98 Å². The number of hydrogen-bond acceptors (Lipinski definition) is 4. The summed E-state index contributed by atoms with van der Waals surface area (Å²) < 4.78 is 1.96. The quantitative estimate of drug-likeness (QED) is 0.844. The number of imidazole rings is 1. The molecule has 1 aromatic rings. The first kappa shape index (κ1) is 17.5. The van der Waals surface area contributed by atoms with Gasteiger partial charge in [-0.1, -0.05) is 0 Å². The van der Waals surface area contributed by atoms with Gasteiger partial charge in [0.1, 0.15) is 11.9 Å². The zero-order valence-corrected chi connectivity index (χ0v) is 14.5. The van der Waals surface area contributed by atoms with E-state index in [1.807, 2.05) is 17.7 Å². The molecule has 2 rings (SSSR count). The topological polar surface area (TPSA) is 70.5 Å². The number of amides is 2. The second kappa shape index (κ2) is 7.59. The van der Waals surface area contributed by atoms with Crippen LogP contribution in [0, 0.1) is 6.92 Å². The molecule has 2 heterocycles. The first-order valence-corrected chi connectivity index (χ1v) is 8.17. The van der Waals surface area contributed by atoms with Gasteiger partial charge in [-0.15, -0.1) is 0 Å². The average Bonchev–Trinajstić information content (AvgIpc) is 2.96. The summed E-state index contributed by atoms with van der Waals surface area (Å²) in [6, 6.07) is -0.0412. The van der Waals surface area contributed by atoms with Crippen LogP contribution in [0.4, 0.5) is 0 Å². The minimum Gasteiger partial charge on any atom is -0.357 e. The zero-order chi connectivity index (χ0) is 17.0. The van der Waals surface area contributed by atoms with E-state index in [0.29, 0.717) is 32.1 Å². The lowest BCUT2D eigenvalue weighted by Gasteiger charge is -2.42. The molecule has 1 atom stereocenters. The third-order valence-electron chi connectivity index (χ3n) is 4.50. The van der Waals surface area contributed by atoms with Crippen molar-refractivity contribution in [1.29, 1.82) is 0 Å². The standard InChI is InChI=1S/C16H27N5O2/c1-12(2)20-9-10-21(14(11-20)16(23)17-4)15(22)5-7-19-8-6-18-13(19)3/h6,8,12,14H,5,7,9-11H2,1-4H3,(H,17,23). The maximum Gasteiger partial charge on any atom is 0.243 e. The Morgan fingerprint density at radius 3 is 2.70 bits per heavy atom. The van der Waals surface area contributed by atoms with Crippen LogP contribution in [0.25, 0.3) is 0 Å². The van der Waals surface area contributed by atoms with E-state index >= 15 is 0 Å². The highest BCUT2D eigenvalue weighted by atomic mass is 16.2. The number of aromatic nitrogens is 2. The smallest absolute Gasteiger partial charge is 0.243 e. The fraction of sp³-hybridized carbons (Fsp3) is 0.688. The molecule has 23 heavy (non-hydrogen) atoms. The number of rotatable bonds is 5. The van der Waals surface area contributed by atoms with E-state index in [1.54, 1.807) is 18.1 Å². The van der Waals surface area contributed by atoms with E-state index in [1.165, 1.54) is 0 Å². The maximum absolute atomic E-state index is 12.6. The number of hydrogen-bond donors (Lipinski definition) is 1. The first-order chi connectivity index (χ1) is 10.9. The Bertz CT molecular complexity index is 554. The number of likely N-dealkylation sites (N-methyl/N-ethyl adjacent to an activating group) is 1. The second-order valence-electron chi connectivity index (χ2n) is 6.22. The van der Waals surface area contributed by atoms with Crippen molar-refractivity contribution in [3.8, 4) is 0 Å². The SMILES string of the molecule is CNC(=O)C1CN(C(C)C)CCN1C(=O)CCn1ccnc1C. The van der Waals surface area contributed by atoms with Crippen LogP contribution >= 0.6 is 0 Å². The lowest BCUT2D eigenvalue weighted by molar-refractivity contribution is -0.144. The molecule has 1 saturated heterocycles. The largest absolute Gasteiger partial charge is 0.357 e. The number of nitrogens with one attached hydrogen (secondary N) is 1. The molecule has 7 heteroatoms. The molecular weight excluding hydrogens is 294 g/mol.